The van der Waals surface area contributed by atoms with Crippen molar-refractivity contribution < 1.29 is 9.90 Å². The van der Waals surface area contributed by atoms with Crippen LogP contribution in [0.1, 0.15) is 44.9 Å². The summed E-state index contributed by atoms with van der Waals surface area (Å²) in [6.07, 6.45) is 0.165. The number of aliphatic hydroxyl groups excluding tert-OH is 1. The number of rotatable bonds is 3. The Morgan fingerprint density at radius 1 is 1.40 bits per heavy atom. The molecule has 0 aliphatic carbocycles. The molecular formula is C16H24N2O2. The van der Waals surface area contributed by atoms with Gasteiger partial charge in [0.25, 0.3) is 0 Å². The average molecular weight is 276 g/mol. The van der Waals surface area contributed by atoms with Crippen LogP contribution in [0.2, 0.25) is 0 Å². The van der Waals surface area contributed by atoms with E-state index in [2.05, 4.69) is 6.92 Å². The van der Waals surface area contributed by atoms with Crippen molar-refractivity contribution in [2.45, 2.75) is 52.3 Å². The lowest BCUT2D eigenvalue weighted by atomic mass is 10.00. The molecule has 0 fully saturated rings. The molecule has 1 heterocycles. The van der Waals surface area contributed by atoms with E-state index in [1.165, 1.54) is 0 Å². The first-order valence-electron chi connectivity index (χ1n) is 7.22. The van der Waals surface area contributed by atoms with Crippen molar-refractivity contribution in [2.24, 2.45) is 11.7 Å². The summed E-state index contributed by atoms with van der Waals surface area (Å²) in [4.78, 5) is 14.2. The fourth-order valence-corrected chi connectivity index (χ4v) is 2.75. The van der Waals surface area contributed by atoms with Gasteiger partial charge in [-0.05, 0) is 37.5 Å². The highest BCUT2D eigenvalue weighted by molar-refractivity contribution is 5.97. The van der Waals surface area contributed by atoms with Crippen molar-refractivity contribution in [3.8, 4) is 0 Å². The Labute approximate surface area is 120 Å². The lowest BCUT2D eigenvalue weighted by Gasteiger charge is -2.25. The summed E-state index contributed by atoms with van der Waals surface area (Å²) in [7, 11) is 0. The maximum Gasteiger partial charge on any atom is 0.229 e. The Bertz CT molecular complexity index is 511. The molecule has 1 amide bonds. The minimum Gasteiger partial charge on any atom is -0.387 e. The molecule has 4 heteroatoms. The normalized spacial score (nSPS) is 20.9. The van der Waals surface area contributed by atoms with Crippen LogP contribution in [-0.4, -0.2) is 23.1 Å². The van der Waals surface area contributed by atoms with Gasteiger partial charge in [-0.1, -0.05) is 26.0 Å². The minimum absolute atomic E-state index is 0.0160. The molecule has 20 heavy (non-hydrogen) atoms. The topological polar surface area (TPSA) is 66.6 Å². The Kier molecular flexibility index (Phi) is 4.16. The van der Waals surface area contributed by atoms with Gasteiger partial charge in [0.05, 0.1) is 6.10 Å². The van der Waals surface area contributed by atoms with Crippen molar-refractivity contribution in [2.75, 3.05) is 4.90 Å². The third kappa shape index (κ3) is 2.58. The molecule has 0 bridgehead atoms. The van der Waals surface area contributed by atoms with Gasteiger partial charge in [0.15, 0.2) is 0 Å². The number of hydrogen-bond acceptors (Lipinski definition) is 3. The number of nitrogens with zero attached hydrogens (tertiary/aromatic N) is 1. The van der Waals surface area contributed by atoms with Gasteiger partial charge in [0.2, 0.25) is 5.91 Å². The fourth-order valence-electron chi connectivity index (χ4n) is 2.75. The van der Waals surface area contributed by atoms with E-state index in [0.717, 1.165) is 23.2 Å². The maximum absolute atomic E-state index is 12.3. The Morgan fingerprint density at radius 3 is 2.60 bits per heavy atom. The van der Waals surface area contributed by atoms with Gasteiger partial charge in [-0.2, -0.15) is 0 Å². The second kappa shape index (κ2) is 5.54. The first-order valence-corrected chi connectivity index (χ1v) is 7.22. The summed E-state index contributed by atoms with van der Waals surface area (Å²) in [6, 6.07) is 5.64. The molecule has 2 rings (SSSR count). The molecular weight excluding hydrogens is 252 g/mol. The van der Waals surface area contributed by atoms with Crippen LogP contribution in [0.15, 0.2) is 18.2 Å². The van der Waals surface area contributed by atoms with Crippen LogP contribution < -0.4 is 10.6 Å². The molecule has 3 unspecified atom stereocenters. The molecule has 1 aromatic carbocycles. The van der Waals surface area contributed by atoms with E-state index >= 15 is 0 Å². The average Bonchev–Trinajstić information content (AvgIpc) is 2.71. The zero-order valence-electron chi connectivity index (χ0n) is 12.6. The number of nitrogens with two attached hydrogens (primary N) is 1. The Balaban J connectivity index is 2.35. The number of fused-ring (bicyclic) bond motifs is 1. The number of carbonyl (C=O) groups excluding carboxylic acids is 1. The molecule has 1 aliphatic rings. The lowest BCUT2D eigenvalue weighted by molar-refractivity contribution is -0.121. The van der Waals surface area contributed by atoms with E-state index < -0.39 is 6.10 Å². The molecule has 110 valence electrons. The molecule has 0 radical (unpaired) electrons. The maximum atomic E-state index is 12.3. The summed E-state index contributed by atoms with van der Waals surface area (Å²) < 4.78 is 0. The Morgan fingerprint density at radius 2 is 2.05 bits per heavy atom. The Hall–Kier alpha value is -1.39. The molecule has 0 saturated carbocycles. The van der Waals surface area contributed by atoms with Crippen LogP contribution in [0.4, 0.5) is 5.69 Å². The molecule has 0 saturated heterocycles. The SMILES string of the molecule is CC(C)C(=O)N1c2ccc(C(O)C(C)N)cc2CC1C. The van der Waals surface area contributed by atoms with Crippen LogP contribution >= 0.6 is 0 Å². The van der Waals surface area contributed by atoms with Crippen molar-refractivity contribution in [1.29, 1.82) is 0 Å². The second-order valence-electron chi connectivity index (χ2n) is 6.11. The molecule has 1 aromatic rings. The first-order chi connectivity index (χ1) is 9.32. The highest BCUT2D eigenvalue weighted by Crippen LogP contribution is 2.35. The van der Waals surface area contributed by atoms with Gasteiger partial charge >= 0.3 is 0 Å². The largest absolute Gasteiger partial charge is 0.387 e. The number of amides is 1. The summed E-state index contributed by atoms with van der Waals surface area (Å²) in [5.41, 5.74) is 8.65. The van der Waals surface area contributed by atoms with Crippen molar-refractivity contribution in [3.63, 3.8) is 0 Å². The van der Waals surface area contributed by atoms with E-state index in [9.17, 15) is 9.90 Å². The molecule has 4 nitrogen and oxygen atoms in total. The van der Waals surface area contributed by atoms with Crippen LogP contribution in [0.5, 0.6) is 0 Å². The number of hydrogen-bond donors (Lipinski definition) is 2. The number of aliphatic hydroxyl groups is 1. The van der Waals surface area contributed by atoms with Crippen LogP contribution in [0, 0.1) is 5.92 Å². The van der Waals surface area contributed by atoms with Crippen molar-refractivity contribution in [1.82, 2.24) is 0 Å². The van der Waals surface area contributed by atoms with Gasteiger partial charge in [0.1, 0.15) is 0 Å². The molecule has 3 atom stereocenters. The zero-order chi connectivity index (χ0) is 15.0. The predicted octanol–water partition coefficient (Wildman–Crippen LogP) is 2.00. The van der Waals surface area contributed by atoms with Gasteiger partial charge in [-0.25, -0.2) is 0 Å². The third-order valence-electron chi connectivity index (χ3n) is 3.89. The van der Waals surface area contributed by atoms with Gasteiger partial charge < -0.3 is 15.7 Å². The summed E-state index contributed by atoms with van der Waals surface area (Å²) in [5.74, 6) is 0.134. The lowest BCUT2D eigenvalue weighted by Crippen LogP contribution is -2.38. The highest BCUT2D eigenvalue weighted by Gasteiger charge is 2.32. The van der Waals surface area contributed by atoms with E-state index in [1.807, 2.05) is 36.9 Å². The molecule has 1 aliphatic heterocycles. The predicted molar refractivity (Wildman–Crippen MR) is 80.5 cm³/mol. The summed E-state index contributed by atoms with van der Waals surface area (Å²) >= 11 is 0. The van der Waals surface area contributed by atoms with Gasteiger partial charge in [-0.15, -0.1) is 0 Å². The van der Waals surface area contributed by atoms with Crippen LogP contribution in [0.3, 0.4) is 0 Å². The second-order valence-corrected chi connectivity index (χ2v) is 6.11. The molecule has 3 N–H and O–H groups in total. The fraction of sp³-hybridized carbons (Fsp3) is 0.562. The van der Waals surface area contributed by atoms with E-state index in [-0.39, 0.29) is 23.9 Å². The number of anilines is 1. The van der Waals surface area contributed by atoms with E-state index in [0.29, 0.717) is 0 Å². The van der Waals surface area contributed by atoms with Gasteiger partial charge in [0, 0.05) is 23.7 Å². The van der Waals surface area contributed by atoms with Gasteiger partial charge in [-0.3, -0.25) is 4.79 Å². The monoisotopic (exact) mass is 276 g/mol. The number of carbonyl (C=O) groups is 1. The van der Waals surface area contributed by atoms with E-state index in [4.69, 9.17) is 5.73 Å². The third-order valence-corrected chi connectivity index (χ3v) is 3.89. The van der Waals surface area contributed by atoms with E-state index in [1.54, 1.807) is 6.92 Å². The quantitative estimate of drug-likeness (QED) is 0.887. The first kappa shape index (κ1) is 15.0. The minimum atomic E-state index is -0.662. The molecule has 0 aromatic heterocycles. The highest BCUT2D eigenvalue weighted by atomic mass is 16.3. The number of benzene rings is 1. The van der Waals surface area contributed by atoms with Crippen molar-refractivity contribution in [3.05, 3.63) is 29.3 Å². The van der Waals surface area contributed by atoms with Crippen molar-refractivity contribution >= 4 is 11.6 Å². The standard InChI is InChI=1S/C16H24N2O2/c1-9(2)16(20)18-10(3)7-13-8-12(5-6-14(13)18)15(19)11(4)17/h5-6,8-11,15,19H,7,17H2,1-4H3. The summed E-state index contributed by atoms with van der Waals surface area (Å²) in [6.45, 7) is 7.68. The molecule has 0 spiro atoms. The zero-order valence-corrected chi connectivity index (χ0v) is 12.6. The smallest absolute Gasteiger partial charge is 0.229 e. The van der Waals surface area contributed by atoms with Crippen LogP contribution in [0.25, 0.3) is 0 Å². The summed E-state index contributed by atoms with van der Waals surface area (Å²) in [5, 5.41) is 10.1. The van der Waals surface area contributed by atoms with Crippen LogP contribution in [-0.2, 0) is 11.2 Å².